The first-order valence-electron chi connectivity index (χ1n) is 7.20. The van der Waals surface area contributed by atoms with E-state index in [1.165, 1.54) is 31.3 Å². The van der Waals surface area contributed by atoms with Crippen molar-refractivity contribution in [2.24, 2.45) is 11.1 Å². The van der Waals surface area contributed by atoms with Crippen molar-refractivity contribution in [3.63, 3.8) is 0 Å². The average molecular weight is 250 g/mol. The summed E-state index contributed by atoms with van der Waals surface area (Å²) >= 11 is 0. The molecule has 1 saturated heterocycles. The van der Waals surface area contributed by atoms with Crippen molar-refractivity contribution in [3.05, 3.63) is 12.2 Å². The lowest BCUT2D eigenvalue weighted by Crippen LogP contribution is -2.56. The molecule has 1 heterocycles. The van der Waals surface area contributed by atoms with Crippen LogP contribution in [0.5, 0.6) is 0 Å². The van der Waals surface area contributed by atoms with Gasteiger partial charge in [-0.25, -0.2) is 0 Å². The van der Waals surface area contributed by atoms with Crippen molar-refractivity contribution < 1.29 is 5.21 Å². The molecule has 1 aliphatic heterocycles. The Kier molecular flexibility index (Phi) is 4.10. The van der Waals surface area contributed by atoms with Gasteiger partial charge in [-0.15, -0.1) is 0 Å². The Morgan fingerprint density at radius 1 is 1.39 bits per heavy atom. The molecule has 0 aromatic carbocycles. The van der Waals surface area contributed by atoms with E-state index in [-0.39, 0.29) is 5.54 Å². The molecule has 0 spiro atoms. The average Bonchev–Trinajstić information content (AvgIpc) is 2.40. The highest BCUT2D eigenvalue weighted by atomic mass is 16.4. The molecule has 3 nitrogen and oxygen atoms in total. The number of piperidine rings is 1. The van der Waals surface area contributed by atoms with Gasteiger partial charge in [0.1, 0.15) is 0 Å². The molecular formula is C15H26N2O. The highest BCUT2D eigenvalue weighted by Crippen LogP contribution is 2.38. The van der Waals surface area contributed by atoms with Gasteiger partial charge in [0, 0.05) is 0 Å². The lowest BCUT2D eigenvalue weighted by Gasteiger charge is -2.47. The smallest absolute Gasteiger partial charge is 0.0776 e. The van der Waals surface area contributed by atoms with Gasteiger partial charge in [-0.1, -0.05) is 23.7 Å². The minimum absolute atomic E-state index is 0.0267. The quantitative estimate of drug-likeness (QED) is 0.463. The molecule has 1 N–H and O–H groups in total. The number of nitrogens with zero attached hydrogens (tertiary/aromatic N) is 2. The summed E-state index contributed by atoms with van der Waals surface area (Å²) < 4.78 is 0. The molecule has 2 rings (SSSR count). The van der Waals surface area contributed by atoms with E-state index in [9.17, 15) is 5.21 Å². The largest absolute Gasteiger partial charge is 0.411 e. The fourth-order valence-electron chi connectivity index (χ4n) is 3.45. The van der Waals surface area contributed by atoms with Gasteiger partial charge in [-0.05, 0) is 65.0 Å². The summed E-state index contributed by atoms with van der Waals surface area (Å²) in [6.07, 6.45) is 7.02. The Labute approximate surface area is 111 Å². The lowest BCUT2D eigenvalue weighted by molar-refractivity contribution is 0.106. The number of oxime groups is 1. The van der Waals surface area contributed by atoms with Crippen molar-refractivity contribution >= 4 is 5.71 Å². The number of hydrogen-bond donors (Lipinski definition) is 1. The second-order valence-electron chi connectivity index (χ2n) is 6.15. The summed E-state index contributed by atoms with van der Waals surface area (Å²) in [5.74, 6) is 0.494. The minimum Gasteiger partial charge on any atom is -0.411 e. The standard InChI is InChI=1S/C15H26N2O/c1-12(2)13-7-8-15(3,14(11-13)16-18)17-9-5-4-6-10-17/h13,18H,1,4-11H2,2-3H3/b16-14-/t13-,15+/m0/s1. The van der Waals surface area contributed by atoms with Crippen LogP contribution in [0.4, 0.5) is 0 Å². The third kappa shape index (κ3) is 2.46. The van der Waals surface area contributed by atoms with E-state index in [2.05, 4.69) is 30.5 Å². The summed E-state index contributed by atoms with van der Waals surface area (Å²) in [6.45, 7) is 10.7. The Morgan fingerprint density at radius 3 is 2.61 bits per heavy atom. The molecule has 0 unspecified atom stereocenters. The maximum Gasteiger partial charge on any atom is 0.0776 e. The molecule has 0 aromatic rings. The Hall–Kier alpha value is -0.830. The zero-order valence-corrected chi connectivity index (χ0v) is 11.8. The van der Waals surface area contributed by atoms with Crippen molar-refractivity contribution in [2.75, 3.05) is 13.1 Å². The molecule has 2 aliphatic rings. The molecule has 1 saturated carbocycles. The fraction of sp³-hybridized carbons (Fsp3) is 0.800. The first kappa shape index (κ1) is 13.6. The van der Waals surface area contributed by atoms with Gasteiger partial charge in [-0.2, -0.15) is 0 Å². The molecule has 0 radical (unpaired) electrons. The van der Waals surface area contributed by atoms with Crippen molar-refractivity contribution in [1.29, 1.82) is 0 Å². The first-order valence-corrected chi connectivity index (χ1v) is 7.20. The zero-order valence-electron chi connectivity index (χ0n) is 11.8. The van der Waals surface area contributed by atoms with Crippen LogP contribution in [-0.2, 0) is 0 Å². The molecule has 2 fully saturated rings. The van der Waals surface area contributed by atoms with E-state index in [4.69, 9.17) is 0 Å². The third-order valence-corrected chi connectivity index (χ3v) is 4.91. The van der Waals surface area contributed by atoms with Crippen LogP contribution in [0.25, 0.3) is 0 Å². The van der Waals surface area contributed by atoms with Crippen LogP contribution in [0.15, 0.2) is 17.3 Å². The lowest BCUT2D eigenvalue weighted by atomic mass is 9.72. The number of hydrogen-bond acceptors (Lipinski definition) is 3. The van der Waals surface area contributed by atoms with E-state index < -0.39 is 0 Å². The summed E-state index contributed by atoms with van der Waals surface area (Å²) in [6, 6.07) is 0. The summed E-state index contributed by atoms with van der Waals surface area (Å²) in [5, 5.41) is 13.0. The van der Waals surface area contributed by atoms with Gasteiger partial charge in [0.25, 0.3) is 0 Å². The molecule has 2 atom stereocenters. The number of allylic oxidation sites excluding steroid dienone is 1. The van der Waals surface area contributed by atoms with E-state index in [0.29, 0.717) is 5.92 Å². The van der Waals surface area contributed by atoms with Crippen LogP contribution in [0.3, 0.4) is 0 Å². The minimum atomic E-state index is -0.0267. The van der Waals surface area contributed by atoms with Crippen LogP contribution >= 0.6 is 0 Å². The summed E-state index contributed by atoms with van der Waals surface area (Å²) in [7, 11) is 0. The van der Waals surface area contributed by atoms with E-state index in [1.54, 1.807) is 0 Å². The molecule has 0 amide bonds. The Balaban J connectivity index is 2.14. The molecule has 18 heavy (non-hydrogen) atoms. The maximum absolute atomic E-state index is 9.39. The second kappa shape index (κ2) is 5.43. The molecule has 0 aromatic heterocycles. The predicted molar refractivity (Wildman–Crippen MR) is 75.2 cm³/mol. The zero-order chi connectivity index (χ0) is 13.2. The van der Waals surface area contributed by atoms with Crippen molar-refractivity contribution in [3.8, 4) is 0 Å². The highest BCUT2D eigenvalue weighted by molar-refractivity contribution is 5.94. The van der Waals surface area contributed by atoms with Crippen molar-refractivity contribution in [2.45, 2.75) is 57.9 Å². The van der Waals surface area contributed by atoms with Crippen LogP contribution in [-0.4, -0.2) is 34.4 Å². The number of likely N-dealkylation sites (tertiary alicyclic amines) is 1. The third-order valence-electron chi connectivity index (χ3n) is 4.91. The molecule has 3 heteroatoms. The monoisotopic (exact) mass is 250 g/mol. The van der Waals surface area contributed by atoms with Crippen LogP contribution in [0.1, 0.15) is 52.4 Å². The Morgan fingerprint density at radius 2 is 2.06 bits per heavy atom. The number of rotatable bonds is 2. The van der Waals surface area contributed by atoms with E-state index in [1.807, 2.05) is 0 Å². The van der Waals surface area contributed by atoms with Gasteiger partial charge in [0.05, 0.1) is 11.3 Å². The maximum atomic E-state index is 9.39. The predicted octanol–water partition coefficient (Wildman–Crippen LogP) is 3.44. The molecule has 102 valence electrons. The van der Waals surface area contributed by atoms with E-state index in [0.717, 1.165) is 31.6 Å². The molecule has 0 bridgehead atoms. The normalized spacial score (nSPS) is 36.8. The van der Waals surface area contributed by atoms with Gasteiger partial charge in [0.2, 0.25) is 0 Å². The SMILES string of the molecule is C=C(C)[C@H]1CC[C@@](C)(N2CCCCC2)/C(=N\O)C1. The summed E-state index contributed by atoms with van der Waals surface area (Å²) in [5.41, 5.74) is 2.15. The van der Waals surface area contributed by atoms with Crippen LogP contribution in [0.2, 0.25) is 0 Å². The first-order chi connectivity index (χ1) is 8.58. The van der Waals surface area contributed by atoms with Crippen molar-refractivity contribution in [1.82, 2.24) is 4.90 Å². The molecular weight excluding hydrogens is 224 g/mol. The van der Waals surface area contributed by atoms with Crippen LogP contribution < -0.4 is 0 Å². The Bertz CT molecular complexity index is 344. The van der Waals surface area contributed by atoms with Crippen LogP contribution in [0, 0.1) is 5.92 Å². The van der Waals surface area contributed by atoms with Gasteiger partial charge < -0.3 is 5.21 Å². The van der Waals surface area contributed by atoms with Gasteiger partial charge >= 0.3 is 0 Å². The van der Waals surface area contributed by atoms with Gasteiger partial charge in [0.15, 0.2) is 0 Å². The topological polar surface area (TPSA) is 35.8 Å². The second-order valence-corrected chi connectivity index (χ2v) is 6.15. The molecule has 1 aliphatic carbocycles. The highest BCUT2D eigenvalue weighted by Gasteiger charge is 2.42. The summed E-state index contributed by atoms with van der Waals surface area (Å²) in [4.78, 5) is 2.53. The fourth-order valence-corrected chi connectivity index (χ4v) is 3.45. The van der Waals surface area contributed by atoms with Gasteiger partial charge in [-0.3, -0.25) is 4.90 Å². The van der Waals surface area contributed by atoms with E-state index >= 15 is 0 Å².